The van der Waals surface area contributed by atoms with Crippen molar-refractivity contribution in [1.29, 1.82) is 0 Å². The molecule has 0 aliphatic carbocycles. The standard InChI is InChI=1S/C10H13NO/c1-8(2)9-4-5-10(7-12-3)11-6-9/h4-6H,1,7H2,2-3H3. The van der Waals surface area contributed by atoms with Crippen LogP contribution in [0.4, 0.5) is 0 Å². The minimum atomic E-state index is 0.566. The van der Waals surface area contributed by atoms with Gasteiger partial charge in [-0.2, -0.15) is 0 Å². The third-order valence-electron chi connectivity index (χ3n) is 1.61. The van der Waals surface area contributed by atoms with Gasteiger partial charge in [0.25, 0.3) is 0 Å². The highest BCUT2D eigenvalue weighted by molar-refractivity contribution is 5.60. The summed E-state index contributed by atoms with van der Waals surface area (Å²) in [5, 5.41) is 0. The number of methoxy groups -OCH3 is 1. The van der Waals surface area contributed by atoms with Crippen molar-refractivity contribution in [2.75, 3.05) is 7.11 Å². The van der Waals surface area contributed by atoms with E-state index in [0.29, 0.717) is 6.61 Å². The zero-order valence-corrected chi connectivity index (χ0v) is 7.50. The van der Waals surface area contributed by atoms with E-state index in [1.165, 1.54) is 0 Å². The molecule has 12 heavy (non-hydrogen) atoms. The fraction of sp³-hybridized carbons (Fsp3) is 0.300. The van der Waals surface area contributed by atoms with Crippen LogP contribution in [0.5, 0.6) is 0 Å². The Balaban J connectivity index is 2.78. The van der Waals surface area contributed by atoms with Gasteiger partial charge in [0.1, 0.15) is 0 Å². The van der Waals surface area contributed by atoms with Crippen LogP contribution in [0.2, 0.25) is 0 Å². The first-order chi connectivity index (χ1) is 5.74. The number of ether oxygens (including phenoxy) is 1. The highest BCUT2D eigenvalue weighted by atomic mass is 16.5. The van der Waals surface area contributed by atoms with E-state index in [1.807, 2.05) is 25.3 Å². The maximum atomic E-state index is 4.94. The van der Waals surface area contributed by atoms with E-state index in [9.17, 15) is 0 Å². The molecule has 0 amide bonds. The molecule has 0 unspecified atom stereocenters. The SMILES string of the molecule is C=C(C)c1ccc(COC)nc1. The van der Waals surface area contributed by atoms with Gasteiger partial charge in [-0.25, -0.2) is 0 Å². The lowest BCUT2D eigenvalue weighted by Gasteiger charge is -2.01. The normalized spacial score (nSPS) is 9.83. The Labute approximate surface area is 72.9 Å². The van der Waals surface area contributed by atoms with Crippen LogP contribution in [-0.4, -0.2) is 12.1 Å². The van der Waals surface area contributed by atoms with E-state index in [0.717, 1.165) is 16.8 Å². The molecule has 1 aromatic heterocycles. The molecule has 0 atom stereocenters. The van der Waals surface area contributed by atoms with E-state index < -0.39 is 0 Å². The number of rotatable bonds is 3. The summed E-state index contributed by atoms with van der Waals surface area (Å²) in [6, 6.07) is 3.96. The molecule has 64 valence electrons. The largest absolute Gasteiger partial charge is 0.378 e. The summed E-state index contributed by atoms with van der Waals surface area (Å²) in [4.78, 5) is 4.20. The predicted molar refractivity (Wildman–Crippen MR) is 49.7 cm³/mol. The Morgan fingerprint density at radius 3 is 2.75 bits per heavy atom. The van der Waals surface area contributed by atoms with Gasteiger partial charge >= 0.3 is 0 Å². The van der Waals surface area contributed by atoms with Gasteiger partial charge in [0, 0.05) is 13.3 Å². The number of nitrogens with zero attached hydrogens (tertiary/aromatic N) is 1. The summed E-state index contributed by atoms with van der Waals surface area (Å²) >= 11 is 0. The third-order valence-corrected chi connectivity index (χ3v) is 1.61. The maximum Gasteiger partial charge on any atom is 0.0884 e. The molecular formula is C10H13NO. The average Bonchev–Trinajstić information content (AvgIpc) is 2.06. The van der Waals surface area contributed by atoms with Gasteiger partial charge in [0.05, 0.1) is 12.3 Å². The Kier molecular flexibility index (Phi) is 3.00. The summed E-state index contributed by atoms with van der Waals surface area (Å²) in [5.41, 5.74) is 3.06. The van der Waals surface area contributed by atoms with Crippen LogP contribution < -0.4 is 0 Å². The number of hydrogen-bond acceptors (Lipinski definition) is 2. The van der Waals surface area contributed by atoms with Gasteiger partial charge in [-0.3, -0.25) is 4.98 Å². The lowest BCUT2D eigenvalue weighted by Crippen LogP contribution is -1.92. The van der Waals surface area contributed by atoms with Crippen LogP contribution in [0.25, 0.3) is 5.57 Å². The van der Waals surface area contributed by atoms with Gasteiger partial charge in [0.2, 0.25) is 0 Å². The molecule has 0 aliphatic rings. The second-order valence-electron chi connectivity index (χ2n) is 2.75. The van der Waals surface area contributed by atoms with Crippen LogP contribution >= 0.6 is 0 Å². The van der Waals surface area contributed by atoms with Gasteiger partial charge in [-0.15, -0.1) is 0 Å². The molecule has 0 aliphatic heterocycles. The first-order valence-electron chi connectivity index (χ1n) is 3.84. The van der Waals surface area contributed by atoms with Gasteiger partial charge in [-0.1, -0.05) is 12.6 Å². The van der Waals surface area contributed by atoms with Crippen molar-refractivity contribution in [1.82, 2.24) is 4.98 Å². The molecule has 0 aromatic carbocycles. The van der Waals surface area contributed by atoms with Crippen LogP contribution in [0.1, 0.15) is 18.2 Å². The molecule has 0 saturated heterocycles. The number of hydrogen-bond donors (Lipinski definition) is 0. The zero-order chi connectivity index (χ0) is 8.97. The van der Waals surface area contributed by atoms with Crippen molar-refractivity contribution in [2.45, 2.75) is 13.5 Å². The maximum absolute atomic E-state index is 4.94. The van der Waals surface area contributed by atoms with Crippen molar-refractivity contribution < 1.29 is 4.74 Å². The molecule has 0 fully saturated rings. The van der Waals surface area contributed by atoms with Crippen LogP contribution in [0.15, 0.2) is 24.9 Å². The second kappa shape index (κ2) is 4.02. The topological polar surface area (TPSA) is 22.1 Å². The fourth-order valence-electron chi connectivity index (χ4n) is 0.910. The van der Waals surface area contributed by atoms with Gasteiger partial charge < -0.3 is 4.74 Å². The molecule has 0 saturated carbocycles. The fourth-order valence-corrected chi connectivity index (χ4v) is 0.910. The summed E-state index contributed by atoms with van der Waals surface area (Å²) in [7, 11) is 1.66. The third kappa shape index (κ3) is 2.17. The lowest BCUT2D eigenvalue weighted by atomic mass is 10.1. The molecule has 0 bridgehead atoms. The first kappa shape index (κ1) is 8.94. The van der Waals surface area contributed by atoms with Crippen LogP contribution in [-0.2, 0) is 11.3 Å². The minimum absolute atomic E-state index is 0.566. The molecule has 0 radical (unpaired) electrons. The van der Waals surface area contributed by atoms with E-state index >= 15 is 0 Å². The van der Waals surface area contributed by atoms with Crippen molar-refractivity contribution in [2.24, 2.45) is 0 Å². The summed E-state index contributed by atoms with van der Waals surface area (Å²) in [6.45, 7) is 6.36. The lowest BCUT2D eigenvalue weighted by molar-refractivity contribution is 0.181. The molecular weight excluding hydrogens is 150 g/mol. The Morgan fingerprint density at radius 1 is 1.58 bits per heavy atom. The first-order valence-corrected chi connectivity index (χ1v) is 3.84. The van der Waals surface area contributed by atoms with E-state index in [-0.39, 0.29) is 0 Å². The van der Waals surface area contributed by atoms with E-state index in [2.05, 4.69) is 11.6 Å². The van der Waals surface area contributed by atoms with Gasteiger partial charge in [-0.05, 0) is 24.1 Å². The molecule has 1 aromatic rings. The summed E-state index contributed by atoms with van der Waals surface area (Å²) in [5.74, 6) is 0. The Morgan fingerprint density at radius 2 is 2.33 bits per heavy atom. The summed E-state index contributed by atoms with van der Waals surface area (Å²) in [6.07, 6.45) is 1.82. The van der Waals surface area contributed by atoms with Crippen LogP contribution in [0, 0.1) is 0 Å². The number of allylic oxidation sites excluding steroid dienone is 1. The second-order valence-corrected chi connectivity index (χ2v) is 2.75. The van der Waals surface area contributed by atoms with E-state index in [1.54, 1.807) is 7.11 Å². The molecule has 1 rings (SSSR count). The number of pyridine rings is 1. The zero-order valence-electron chi connectivity index (χ0n) is 7.50. The molecule has 1 heterocycles. The monoisotopic (exact) mass is 163 g/mol. The molecule has 0 N–H and O–H groups in total. The minimum Gasteiger partial charge on any atom is -0.378 e. The van der Waals surface area contributed by atoms with E-state index in [4.69, 9.17) is 4.74 Å². The predicted octanol–water partition coefficient (Wildman–Crippen LogP) is 2.26. The molecule has 2 heteroatoms. The van der Waals surface area contributed by atoms with Crippen molar-refractivity contribution in [3.8, 4) is 0 Å². The Hall–Kier alpha value is -1.15. The van der Waals surface area contributed by atoms with Crippen molar-refractivity contribution >= 4 is 5.57 Å². The number of aromatic nitrogens is 1. The molecule has 2 nitrogen and oxygen atoms in total. The molecule has 0 spiro atoms. The van der Waals surface area contributed by atoms with Gasteiger partial charge in [0.15, 0.2) is 0 Å². The van der Waals surface area contributed by atoms with Crippen molar-refractivity contribution in [3.63, 3.8) is 0 Å². The quantitative estimate of drug-likeness (QED) is 0.681. The van der Waals surface area contributed by atoms with Crippen molar-refractivity contribution in [3.05, 3.63) is 36.2 Å². The summed E-state index contributed by atoms with van der Waals surface area (Å²) < 4.78 is 4.94. The smallest absolute Gasteiger partial charge is 0.0884 e. The Bertz CT molecular complexity index is 264. The average molecular weight is 163 g/mol. The van der Waals surface area contributed by atoms with Crippen LogP contribution in [0.3, 0.4) is 0 Å². The highest BCUT2D eigenvalue weighted by Crippen LogP contribution is 2.09. The highest BCUT2D eigenvalue weighted by Gasteiger charge is 1.95.